The average Bonchev–Trinajstić information content (AvgIpc) is 2.82. The minimum absolute atomic E-state index is 0.136. The van der Waals surface area contributed by atoms with Crippen molar-refractivity contribution in [3.05, 3.63) is 35.9 Å². The Bertz CT molecular complexity index is 737. The highest BCUT2D eigenvalue weighted by Gasteiger charge is 2.24. The number of hydrogen-bond acceptors (Lipinski definition) is 9. The van der Waals surface area contributed by atoms with E-state index in [2.05, 4.69) is 11.6 Å². The van der Waals surface area contributed by atoms with E-state index in [1.807, 2.05) is 30.3 Å². The van der Waals surface area contributed by atoms with E-state index in [1.54, 1.807) is 54.1 Å². The second-order valence-electron chi connectivity index (χ2n) is 8.16. The molecule has 0 radical (unpaired) electrons. The molecule has 0 aromatic heterocycles. The van der Waals surface area contributed by atoms with E-state index in [1.165, 1.54) is 0 Å². The number of thioether (sulfide) groups is 1. The van der Waals surface area contributed by atoms with Crippen molar-refractivity contribution in [1.29, 1.82) is 0 Å². The van der Waals surface area contributed by atoms with Gasteiger partial charge < -0.3 is 20.5 Å². The summed E-state index contributed by atoms with van der Waals surface area (Å²) in [6.07, 6.45) is 2.82. The summed E-state index contributed by atoms with van der Waals surface area (Å²) in [4.78, 5) is 36.8. The van der Waals surface area contributed by atoms with Crippen molar-refractivity contribution >= 4 is 51.2 Å². The Morgan fingerprint density at radius 3 is 2.29 bits per heavy atom. The number of rotatable bonds is 17. The molecule has 1 aromatic rings. The Kier molecular flexibility index (Phi) is 16.2. The quantitative estimate of drug-likeness (QED) is 0.134. The van der Waals surface area contributed by atoms with E-state index < -0.39 is 18.2 Å². The van der Waals surface area contributed by atoms with Crippen LogP contribution in [0.25, 0.3) is 0 Å². The minimum atomic E-state index is -0.973. The van der Waals surface area contributed by atoms with Crippen LogP contribution in [0, 0.1) is 11.8 Å². The Labute approximate surface area is 215 Å². The molecule has 0 aliphatic heterocycles. The van der Waals surface area contributed by atoms with Gasteiger partial charge in [-0.15, -0.1) is 0 Å². The van der Waals surface area contributed by atoms with Gasteiger partial charge in [0.15, 0.2) is 0 Å². The van der Waals surface area contributed by atoms with Gasteiger partial charge in [-0.25, -0.2) is 0 Å². The van der Waals surface area contributed by atoms with Crippen molar-refractivity contribution in [2.45, 2.75) is 52.4 Å². The molecule has 10 heteroatoms. The van der Waals surface area contributed by atoms with Crippen molar-refractivity contribution in [2.24, 2.45) is 17.6 Å². The number of benzene rings is 1. The van der Waals surface area contributed by atoms with Crippen molar-refractivity contribution in [3.63, 3.8) is 0 Å². The molecule has 3 N–H and O–H groups in total. The van der Waals surface area contributed by atoms with E-state index in [9.17, 15) is 14.4 Å². The van der Waals surface area contributed by atoms with Crippen LogP contribution in [0.3, 0.4) is 0 Å². The van der Waals surface area contributed by atoms with Crippen LogP contribution in [0.4, 0.5) is 0 Å². The summed E-state index contributed by atoms with van der Waals surface area (Å²) in [5.74, 6) is 0.648. The molecule has 0 spiro atoms. The lowest BCUT2D eigenvalue weighted by molar-refractivity contribution is -0.195. The normalized spacial score (nSPS) is 13.7. The van der Waals surface area contributed by atoms with Crippen LogP contribution in [0.2, 0.25) is 0 Å². The van der Waals surface area contributed by atoms with Crippen LogP contribution in [0.1, 0.15) is 39.2 Å². The second kappa shape index (κ2) is 18.0. The van der Waals surface area contributed by atoms with Crippen LogP contribution in [0.15, 0.2) is 30.3 Å². The van der Waals surface area contributed by atoms with Gasteiger partial charge in [-0.3, -0.25) is 14.4 Å². The van der Waals surface area contributed by atoms with Gasteiger partial charge in [0.05, 0.1) is 5.92 Å². The maximum Gasteiger partial charge on any atom is 0.328 e. The van der Waals surface area contributed by atoms with E-state index in [4.69, 9.17) is 15.2 Å². The van der Waals surface area contributed by atoms with Gasteiger partial charge in [-0.2, -0.15) is 11.8 Å². The summed E-state index contributed by atoms with van der Waals surface area (Å²) in [5.41, 5.74) is 7.19. The van der Waals surface area contributed by atoms with Crippen molar-refractivity contribution in [2.75, 3.05) is 30.1 Å². The predicted octanol–water partition coefficient (Wildman–Crippen LogP) is 3.90. The number of nitrogens with one attached hydrogen (secondary N) is 1. The Balaban J connectivity index is 2.61. The fourth-order valence-electron chi connectivity index (χ4n) is 2.73. The van der Waals surface area contributed by atoms with Gasteiger partial charge in [0.2, 0.25) is 12.2 Å². The number of esters is 2. The summed E-state index contributed by atoms with van der Waals surface area (Å²) in [7, 11) is 3.30. The van der Waals surface area contributed by atoms with Crippen molar-refractivity contribution in [1.82, 2.24) is 5.32 Å². The molecule has 0 aliphatic rings. The van der Waals surface area contributed by atoms with Crippen LogP contribution < -0.4 is 11.1 Å². The summed E-state index contributed by atoms with van der Waals surface area (Å²) in [6.45, 7) is 4.96. The summed E-state index contributed by atoms with van der Waals surface area (Å²) in [6, 6.07) is 9.93. The Hall–Kier alpha value is -1.36. The molecule has 0 fully saturated rings. The second-order valence-corrected chi connectivity index (χ2v) is 11.7. The zero-order valence-electron chi connectivity index (χ0n) is 20.5. The topological polar surface area (TPSA) is 108 Å². The molecule has 34 heavy (non-hydrogen) atoms. The third kappa shape index (κ3) is 13.5. The standard InChI is InChI=1S/C24H38N2O5S3/c1-5-21(27)30-24(17(2)3)31-22(28)14-26-23(29)19(13-18-9-7-6-8-10-18)15-33-34-16-20(25)11-12-32-4/h6-10,17,19-20,24H,5,11-16,25H2,1-4H3,(H,26,29)/t19-,20+,24?/m1/s1. The first-order valence-corrected chi connectivity index (χ1v) is 15.3. The lowest BCUT2D eigenvalue weighted by atomic mass is 10.0. The van der Waals surface area contributed by atoms with Gasteiger partial charge >= 0.3 is 11.9 Å². The van der Waals surface area contributed by atoms with E-state index >= 15 is 0 Å². The molecule has 1 aromatic carbocycles. The zero-order valence-corrected chi connectivity index (χ0v) is 22.9. The lowest BCUT2D eigenvalue weighted by Crippen LogP contribution is -2.39. The maximum absolute atomic E-state index is 12.9. The number of carbonyl (C=O) groups is 3. The molecule has 192 valence electrons. The molecule has 0 saturated carbocycles. The molecular formula is C24H38N2O5S3. The largest absolute Gasteiger partial charge is 0.425 e. The molecule has 0 heterocycles. The molecule has 1 amide bonds. The summed E-state index contributed by atoms with van der Waals surface area (Å²) >= 11 is 1.78. The van der Waals surface area contributed by atoms with Gasteiger partial charge in [-0.05, 0) is 30.4 Å². The SMILES string of the molecule is CCC(=O)OC(OC(=O)CNC(=O)[C@@H](CSSC[C@@H](N)CCSC)Cc1ccccc1)C(C)C. The molecule has 1 unspecified atom stereocenters. The fraction of sp³-hybridized carbons (Fsp3) is 0.625. The third-order valence-electron chi connectivity index (χ3n) is 4.76. The molecule has 0 bridgehead atoms. The number of ether oxygens (including phenoxy) is 2. The third-order valence-corrected chi connectivity index (χ3v) is 7.99. The average molecular weight is 531 g/mol. The van der Waals surface area contributed by atoms with Crippen LogP contribution in [-0.4, -0.2) is 60.2 Å². The first-order valence-electron chi connectivity index (χ1n) is 11.5. The lowest BCUT2D eigenvalue weighted by Gasteiger charge is -2.22. The van der Waals surface area contributed by atoms with Crippen molar-refractivity contribution < 1.29 is 23.9 Å². The van der Waals surface area contributed by atoms with Crippen LogP contribution >= 0.6 is 33.3 Å². The molecule has 0 aliphatic carbocycles. The summed E-state index contributed by atoms with van der Waals surface area (Å²) < 4.78 is 10.4. The highest BCUT2D eigenvalue weighted by molar-refractivity contribution is 8.76. The monoisotopic (exact) mass is 530 g/mol. The van der Waals surface area contributed by atoms with E-state index in [0.717, 1.165) is 23.5 Å². The minimum Gasteiger partial charge on any atom is -0.425 e. The molecule has 3 atom stereocenters. The Morgan fingerprint density at radius 2 is 1.68 bits per heavy atom. The van der Waals surface area contributed by atoms with Gasteiger partial charge in [0.1, 0.15) is 6.54 Å². The highest BCUT2D eigenvalue weighted by atomic mass is 33.1. The summed E-state index contributed by atoms with van der Waals surface area (Å²) in [5, 5.41) is 2.69. The molecule has 1 rings (SSSR count). The number of hydrogen-bond donors (Lipinski definition) is 2. The first kappa shape index (κ1) is 30.7. The molecule has 7 nitrogen and oxygen atoms in total. The van der Waals surface area contributed by atoms with Crippen LogP contribution in [-0.2, 0) is 30.3 Å². The highest BCUT2D eigenvalue weighted by Crippen LogP contribution is 2.27. The first-order chi connectivity index (χ1) is 16.3. The smallest absolute Gasteiger partial charge is 0.328 e. The van der Waals surface area contributed by atoms with Gasteiger partial charge in [0.25, 0.3) is 0 Å². The van der Waals surface area contributed by atoms with E-state index in [0.29, 0.717) is 12.2 Å². The Morgan fingerprint density at radius 1 is 1.03 bits per heavy atom. The van der Waals surface area contributed by atoms with Gasteiger partial charge in [0, 0.05) is 29.9 Å². The number of nitrogens with two attached hydrogens (primary N) is 1. The maximum atomic E-state index is 12.9. The number of amides is 1. The molecular weight excluding hydrogens is 492 g/mol. The van der Waals surface area contributed by atoms with E-state index in [-0.39, 0.29) is 36.8 Å². The number of carbonyl (C=O) groups excluding carboxylic acids is 3. The molecule has 0 saturated heterocycles. The zero-order chi connectivity index (χ0) is 25.3. The predicted molar refractivity (Wildman–Crippen MR) is 144 cm³/mol. The van der Waals surface area contributed by atoms with Crippen molar-refractivity contribution in [3.8, 4) is 0 Å². The fourth-order valence-corrected chi connectivity index (χ4v) is 5.83. The van der Waals surface area contributed by atoms with Gasteiger partial charge in [-0.1, -0.05) is 72.7 Å². The van der Waals surface area contributed by atoms with Crippen LogP contribution in [0.5, 0.6) is 0 Å².